The van der Waals surface area contributed by atoms with Gasteiger partial charge in [0, 0.05) is 26.2 Å². The Kier molecular flexibility index (Phi) is 5.26. The lowest BCUT2D eigenvalue weighted by Gasteiger charge is -2.35. The van der Waals surface area contributed by atoms with Crippen LogP contribution in [0.1, 0.15) is 30.8 Å². The number of esters is 1. The van der Waals surface area contributed by atoms with Crippen LogP contribution in [0.15, 0.2) is 21.6 Å². The SMILES string of the molecule is CCOC(=O)c1ccc(S(=O)(=O)N2CCN(C(=O)C3(C)CC3(Cl)Cl)CC2)o1. The van der Waals surface area contributed by atoms with Crippen molar-refractivity contribution in [3.63, 3.8) is 0 Å². The van der Waals surface area contributed by atoms with Gasteiger partial charge in [0.25, 0.3) is 10.0 Å². The van der Waals surface area contributed by atoms with Crippen LogP contribution in [0.25, 0.3) is 0 Å². The van der Waals surface area contributed by atoms with Gasteiger partial charge < -0.3 is 14.1 Å². The second-order valence-electron chi connectivity index (χ2n) is 6.75. The summed E-state index contributed by atoms with van der Waals surface area (Å²) in [5.74, 6) is -1.07. The minimum Gasteiger partial charge on any atom is -0.460 e. The molecule has 1 amide bonds. The number of piperazine rings is 1. The summed E-state index contributed by atoms with van der Waals surface area (Å²) in [6, 6.07) is 2.48. The first-order chi connectivity index (χ1) is 12.5. The number of alkyl halides is 2. The van der Waals surface area contributed by atoms with Gasteiger partial charge in [-0.2, -0.15) is 4.31 Å². The third kappa shape index (κ3) is 3.57. The van der Waals surface area contributed by atoms with Gasteiger partial charge in [-0.15, -0.1) is 23.2 Å². The van der Waals surface area contributed by atoms with E-state index in [1.54, 1.807) is 18.7 Å². The second kappa shape index (κ2) is 6.95. The minimum absolute atomic E-state index is 0.108. The number of carbonyl (C=O) groups is 2. The number of nitrogens with zero attached hydrogens (tertiary/aromatic N) is 2. The molecule has 1 aromatic rings. The van der Waals surface area contributed by atoms with E-state index in [0.29, 0.717) is 6.42 Å². The fourth-order valence-electron chi connectivity index (χ4n) is 3.01. The molecular formula is C16H20Cl2N2O6S. The number of halogens is 2. The van der Waals surface area contributed by atoms with Crippen LogP contribution in [0, 0.1) is 5.41 Å². The third-order valence-electron chi connectivity index (χ3n) is 4.91. The number of carbonyl (C=O) groups excluding carboxylic acids is 2. The number of hydrogen-bond donors (Lipinski definition) is 0. The fourth-order valence-corrected chi connectivity index (χ4v) is 5.04. The molecule has 3 rings (SSSR count). The van der Waals surface area contributed by atoms with Gasteiger partial charge in [-0.05, 0) is 32.4 Å². The predicted octanol–water partition coefficient (Wildman–Crippen LogP) is 1.87. The number of amides is 1. The Labute approximate surface area is 167 Å². The quantitative estimate of drug-likeness (QED) is 0.514. The minimum atomic E-state index is -3.91. The molecule has 1 aliphatic carbocycles. The van der Waals surface area contributed by atoms with Crippen molar-refractivity contribution in [1.82, 2.24) is 9.21 Å². The zero-order valence-electron chi connectivity index (χ0n) is 14.9. The molecule has 1 atom stereocenters. The van der Waals surface area contributed by atoms with Crippen molar-refractivity contribution in [2.45, 2.75) is 29.7 Å². The number of hydrogen-bond acceptors (Lipinski definition) is 6. The summed E-state index contributed by atoms with van der Waals surface area (Å²) in [5.41, 5.74) is -0.827. The van der Waals surface area contributed by atoms with Crippen LogP contribution in [0.3, 0.4) is 0 Å². The molecule has 0 bridgehead atoms. The van der Waals surface area contributed by atoms with Gasteiger partial charge in [-0.3, -0.25) is 4.79 Å². The molecule has 27 heavy (non-hydrogen) atoms. The Balaban J connectivity index is 1.65. The van der Waals surface area contributed by atoms with E-state index >= 15 is 0 Å². The van der Waals surface area contributed by atoms with Crippen LogP contribution < -0.4 is 0 Å². The highest BCUT2D eigenvalue weighted by Gasteiger charge is 2.68. The zero-order chi connectivity index (χ0) is 20.0. The third-order valence-corrected chi connectivity index (χ3v) is 7.78. The first kappa shape index (κ1) is 20.4. The molecule has 1 unspecified atom stereocenters. The Morgan fingerprint density at radius 3 is 2.33 bits per heavy atom. The number of sulfonamides is 1. The molecule has 1 aromatic heterocycles. The van der Waals surface area contributed by atoms with Crippen LogP contribution in [0.5, 0.6) is 0 Å². The summed E-state index contributed by atoms with van der Waals surface area (Å²) >= 11 is 12.1. The maximum absolute atomic E-state index is 12.7. The van der Waals surface area contributed by atoms with Crippen LogP contribution in [-0.4, -0.2) is 66.6 Å². The van der Waals surface area contributed by atoms with Crippen LogP contribution in [0.4, 0.5) is 0 Å². The average molecular weight is 439 g/mol. The zero-order valence-corrected chi connectivity index (χ0v) is 17.2. The first-order valence-electron chi connectivity index (χ1n) is 8.47. The lowest BCUT2D eigenvalue weighted by Crippen LogP contribution is -2.52. The summed E-state index contributed by atoms with van der Waals surface area (Å²) in [6.45, 7) is 4.17. The van der Waals surface area contributed by atoms with E-state index in [4.69, 9.17) is 32.4 Å². The lowest BCUT2D eigenvalue weighted by atomic mass is 10.1. The van der Waals surface area contributed by atoms with Crippen molar-refractivity contribution in [2.75, 3.05) is 32.8 Å². The highest BCUT2D eigenvalue weighted by Crippen LogP contribution is 2.64. The molecule has 150 valence electrons. The summed E-state index contributed by atoms with van der Waals surface area (Å²) < 4.78 is 35.5. The van der Waals surface area contributed by atoms with Crippen molar-refractivity contribution in [2.24, 2.45) is 5.41 Å². The van der Waals surface area contributed by atoms with E-state index < -0.39 is 25.7 Å². The van der Waals surface area contributed by atoms with Crippen LogP contribution in [0.2, 0.25) is 0 Å². The predicted molar refractivity (Wildman–Crippen MR) is 97.2 cm³/mol. The molecule has 1 saturated heterocycles. The molecule has 2 heterocycles. The van der Waals surface area contributed by atoms with Gasteiger partial charge in [-0.1, -0.05) is 0 Å². The highest BCUT2D eigenvalue weighted by molar-refractivity contribution is 7.89. The molecule has 2 aliphatic rings. The Morgan fingerprint density at radius 2 is 1.81 bits per heavy atom. The maximum atomic E-state index is 12.7. The van der Waals surface area contributed by atoms with E-state index in [1.165, 1.54) is 16.4 Å². The Bertz CT molecular complexity index is 860. The molecule has 2 fully saturated rings. The largest absolute Gasteiger partial charge is 0.460 e. The molecule has 0 radical (unpaired) electrons. The van der Waals surface area contributed by atoms with E-state index in [2.05, 4.69) is 0 Å². The van der Waals surface area contributed by atoms with E-state index in [-0.39, 0.29) is 49.5 Å². The van der Waals surface area contributed by atoms with Crippen molar-refractivity contribution in [1.29, 1.82) is 0 Å². The lowest BCUT2D eigenvalue weighted by molar-refractivity contribution is -0.137. The summed E-state index contributed by atoms with van der Waals surface area (Å²) in [5, 5.41) is -0.333. The van der Waals surface area contributed by atoms with Gasteiger partial charge in [-0.25, -0.2) is 13.2 Å². The van der Waals surface area contributed by atoms with Gasteiger partial charge in [0.2, 0.25) is 16.8 Å². The van der Waals surface area contributed by atoms with Crippen LogP contribution >= 0.6 is 23.2 Å². The van der Waals surface area contributed by atoms with E-state index in [9.17, 15) is 18.0 Å². The van der Waals surface area contributed by atoms with Gasteiger partial charge in [0.15, 0.2) is 0 Å². The fraction of sp³-hybridized carbons (Fsp3) is 0.625. The monoisotopic (exact) mass is 438 g/mol. The van der Waals surface area contributed by atoms with Gasteiger partial charge in [0.1, 0.15) is 4.33 Å². The average Bonchev–Trinajstić information content (AvgIpc) is 2.99. The van der Waals surface area contributed by atoms with Gasteiger partial charge in [0.05, 0.1) is 12.0 Å². The molecule has 0 spiro atoms. The molecule has 0 aromatic carbocycles. The van der Waals surface area contributed by atoms with Crippen molar-refractivity contribution >= 4 is 45.1 Å². The van der Waals surface area contributed by atoms with E-state index in [0.717, 1.165) is 0 Å². The highest BCUT2D eigenvalue weighted by atomic mass is 35.5. The molecule has 1 saturated carbocycles. The first-order valence-corrected chi connectivity index (χ1v) is 10.7. The number of ether oxygens (including phenoxy) is 1. The molecule has 8 nitrogen and oxygen atoms in total. The summed E-state index contributed by atoms with van der Waals surface area (Å²) in [4.78, 5) is 25.8. The maximum Gasteiger partial charge on any atom is 0.374 e. The number of rotatable bonds is 5. The molecule has 11 heteroatoms. The topological polar surface area (TPSA) is 97.1 Å². The van der Waals surface area contributed by atoms with Crippen molar-refractivity contribution in [3.05, 3.63) is 17.9 Å². The number of furan rings is 1. The smallest absolute Gasteiger partial charge is 0.374 e. The Hall–Kier alpha value is -1.29. The normalized spacial score (nSPS) is 25.3. The molecular weight excluding hydrogens is 419 g/mol. The van der Waals surface area contributed by atoms with Crippen molar-refractivity contribution in [3.8, 4) is 0 Å². The Morgan fingerprint density at radius 1 is 1.22 bits per heavy atom. The molecule has 0 N–H and O–H groups in total. The van der Waals surface area contributed by atoms with Crippen molar-refractivity contribution < 1.29 is 27.2 Å². The van der Waals surface area contributed by atoms with Crippen LogP contribution in [-0.2, 0) is 19.6 Å². The van der Waals surface area contributed by atoms with Gasteiger partial charge >= 0.3 is 5.97 Å². The second-order valence-corrected chi connectivity index (χ2v) is 10.1. The standard InChI is InChI=1S/C16H20Cl2N2O6S/c1-3-25-13(21)11-4-5-12(26-11)27(23,24)20-8-6-19(7-9-20)14(22)15(2)10-16(15,17)18/h4-5H,3,6-10H2,1-2H3. The van der Waals surface area contributed by atoms with E-state index in [1.807, 2.05) is 0 Å². The summed E-state index contributed by atoms with van der Waals surface area (Å²) in [7, 11) is -3.91. The summed E-state index contributed by atoms with van der Waals surface area (Å²) in [6.07, 6.45) is 0.378. The molecule has 1 aliphatic heterocycles.